The van der Waals surface area contributed by atoms with Crippen molar-refractivity contribution in [3.8, 4) is 0 Å². The molecule has 0 heterocycles. The molecule has 0 atom stereocenters. The first kappa shape index (κ1) is 24.9. The molecule has 1 N–H and O–H groups in total. The minimum atomic E-state index is -6.01. The summed E-state index contributed by atoms with van der Waals surface area (Å²) < 4.78 is 57.6. The minimum absolute atomic E-state index is 0. The summed E-state index contributed by atoms with van der Waals surface area (Å²) in [6.07, 6.45) is 0. The molecule has 0 amide bonds. The van der Waals surface area contributed by atoms with Crippen molar-refractivity contribution in [3.63, 3.8) is 0 Å². The molecule has 0 saturated carbocycles. The van der Waals surface area contributed by atoms with Gasteiger partial charge in [-0.2, -0.15) is 0 Å². The maximum atomic E-state index is 9.49. The molecule has 0 aromatic carbocycles. The topological polar surface area (TPSA) is 145 Å². The first-order valence-electron chi connectivity index (χ1n) is 1.57. The van der Waals surface area contributed by atoms with Crippen LogP contribution < -0.4 is 107 Å². The van der Waals surface area contributed by atoms with Gasteiger partial charge in [-0.05, 0) is 0 Å². The molecule has 13 heavy (non-hydrogen) atoms. The van der Waals surface area contributed by atoms with Gasteiger partial charge in [0.2, 0.25) is 0 Å². The van der Waals surface area contributed by atoms with Crippen LogP contribution in [0.3, 0.4) is 0 Å². The number of hydrogen-bond acceptors (Lipinski definition) is 7. The van der Waals surface area contributed by atoms with Gasteiger partial charge in [0.05, 0.1) is 0 Å². The average molecular weight is 321 g/mol. The molecule has 12 heteroatoms. The van der Waals surface area contributed by atoms with Crippen LogP contribution in [0.4, 0.5) is 0 Å². The van der Waals surface area contributed by atoms with Gasteiger partial charge in [0.1, 0.15) is 0 Å². The zero-order chi connectivity index (χ0) is 9.71. The van der Waals surface area contributed by atoms with Crippen molar-refractivity contribution in [1.82, 2.24) is 0 Å². The summed E-state index contributed by atoms with van der Waals surface area (Å²) in [5.74, 6) is 0. The Bertz CT molecular complexity index is 284. The normalized spacial score (nSPS) is 9.54. The van der Waals surface area contributed by atoms with Crippen LogP contribution in [0.25, 0.3) is 0 Å². The summed E-state index contributed by atoms with van der Waals surface area (Å²) in [4.78, 5) is 0. The van der Waals surface area contributed by atoms with Crippen molar-refractivity contribution < 1.29 is 156 Å². The van der Waals surface area contributed by atoms with Gasteiger partial charge in [0.25, 0.3) is 0 Å². The molecule has 0 saturated heterocycles. The zero-order valence-electron chi connectivity index (χ0n) is 6.66. The molecule has 0 spiro atoms. The van der Waals surface area contributed by atoms with Crippen LogP contribution in [0.5, 0.6) is 0 Å². The molecular formula is CHCr2K2NO7. The predicted octanol–water partition coefficient (Wildman–Crippen LogP) is -8.19. The SMILES string of the molecule is [C-]#N.[K+].[K+].[O]=[Cr](=[O])([O-])[O][Cr](=[O])(=[O])[OH]. The van der Waals surface area contributed by atoms with Crippen molar-refractivity contribution in [2.75, 3.05) is 0 Å². The first-order chi connectivity index (χ1) is 4.71. The molecule has 0 aromatic heterocycles. The van der Waals surface area contributed by atoms with E-state index in [0.29, 0.717) is 0 Å². The van der Waals surface area contributed by atoms with E-state index in [4.69, 9.17) is 16.0 Å². The molecule has 0 fully saturated rings. The summed E-state index contributed by atoms with van der Waals surface area (Å²) in [5, 5.41) is 6.25. The zero-order valence-corrected chi connectivity index (χ0v) is 15.5. The van der Waals surface area contributed by atoms with Gasteiger partial charge in [-0.3, -0.25) is 0 Å². The number of nitrogens with zero attached hydrogens (tertiary/aromatic N) is 1. The van der Waals surface area contributed by atoms with Crippen LogP contribution in [0.2, 0.25) is 0 Å². The Kier molecular flexibility index (Phi) is 21.9. The molecule has 0 aliphatic rings. The number of rotatable bonds is 2. The van der Waals surface area contributed by atoms with Crippen LogP contribution in [-0.4, -0.2) is 4.16 Å². The fourth-order valence-corrected chi connectivity index (χ4v) is 1.79. The van der Waals surface area contributed by atoms with Gasteiger partial charge >= 0.3 is 156 Å². The van der Waals surface area contributed by atoms with Crippen molar-refractivity contribution in [1.29, 1.82) is 5.26 Å². The Balaban J connectivity index is -0.0000000941. The van der Waals surface area contributed by atoms with E-state index in [2.05, 4.69) is 2.84 Å². The fourth-order valence-electron chi connectivity index (χ4n) is 0.105. The van der Waals surface area contributed by atoms with Crippen LogP contribution in [0, 0.1) is 11.8 Å². The summed E-state index contributed by atoms with van der Waals surface area (Å²) in [6.45, 7) is 4.75. The predicted molar refractivity (Wildman–Crippen MR) is 11.0 cm³/mol. The molecule has 0 radical (unpaired) electrons. The Morgan fingerprint density at radius 2 is 1.38 bits per heavy atom. The molecule has 0 aliphatic carbocycles. The Morgan fingerprint density at radius 1 is 1.15 bits per heavy atom. The van der Waals surface area contributed by atoms with Crippen molar-refractivity contribution >= 4 is 0 Å². The summed E-state index contributed by atoms with van der Waals surface area (Å²) in [7, 11) is 0. The van der Waals surface area contributed by atoms with E-state index >= 15 is 0 Å². The standard InChI is InChI=1S/CN.2Cr.2K.H2O.6O/c1-2;;;;;;;;;;;/h;;;;;1H2;;;;;;/q-1;;3*+1;;;;;;;-1/p-1. The van der Waals surface area contributed by atoms with Crippen LogP contribution in [0.15, 0.2) is 0 Å². The summed E-state index contributed by atoms with van der Waals surface area (Å²) in [6, 6.07) is 0. The van der Waals surface area contributed by atoms with E-state index in [1.165, 1.54) is 0 Å². The maximum absolute atomic E-state index is 9.49. The van der Waals surface area contributed by atoms with E-state index in [1.807, 2.05) is 0 Å². The molecule has 0 rings (SSSR count). The van der Waals surface area contributed by atoms with Crippen molar-refractivity contribution in [2.24, 2.45) is 0 Å². The Labute approximate surface area is 164 Å². The van der Waals surface area contributed by atoms with E-state index in [1.54, 1.807) is 0 Å². The van der Waals surface area contributed by atoms with Gasteiger partial charge < -0.3 is 11.8 Å². The third kappa shape index (κ3) is 31.3. The second-order valence-corrected chi connectivity index (χ2v) is 4.60. The Hall–Kier alpha value is 2.91. The summed E-state index contributed by atoms with van der Waals surface area (Å²) in [5.41, 5.74) is 0. The van der Waals surface area contributed by atoms with Crippen LogP contribution >= 0.6 is 0 Å². The average Bonchev–Trinajstić information content (AvgIpc) is 1.60. The second kappa shape index (κ2) is 11.4. The molecule has 0 unspecified atom stereocenters. The fraction of sp³-hybridized carbons (Fsp3) is 0. The molecule has 0 aliphatic heterocycles. The Morgan fingerprint density at radius 3 is 1.38 bits per heavy atom. The van der Waals surface area contributed by atoms with Crippen molar-refractivity contribution in [3.05, 3.63) is 6.57 Å². The van der Waals surface area contributed by atoms with Gasteiger partial charge in [-0.15, -0.1) is 0 Å². The monoisotopic (exact) mass is 321 g/mol. The van der Waals surface area contributed by atoms with E-state index in [-0.39, 0.29) is 103 Å². The van der Waals surface area contributed by atoms with Gasteiger partial charge in [-0.25, -0.2) is 0 Å². The molecule has 0 aromatic rings. The number of hydrogen-bond donors (Lipinski definition) is 1. The second-order valence-electron chi connectivity index (χ2n) is 0.904. The molecule has 66 valence electrons. The first-order valence-corrected chi connectivity index (χ1v) is 5.79. The summed E-state index contributed by atoms with van der Waals surface area (Å²) >= 11 is -11.8. The van der Waals surface area contributed by atoms with E-state index in [0.717, 1.165) is 0 Å². The van der Waals surface area contributed by atoms with Gasteiger partial charge in [0.15, 0.2) is 0 Å². The van der Waals surface area contributed by atoms with Gasteiger partial charge in [-0.1, -0.05) is 0 Å². The third-order valence-electron chi connectivity index (χ3n) is 0.169. The van der Waals surface area contributed by atoms with Crippen molar-refractivity contribution in [2.45, 2.75) is 0 Å². The molecule has 0 bridgehead atoms. The molecular weight excluding hydrogens is 320 g/mol. The van der Waals surface area contributed by atoms with Gasteiger partial charge in [0, 0.05) is 0 Å². The van der Waals surface area contributed by atoms with Crippen LogP contribution in [-0.2, 0) is 45.3 Å². The van der Waals surface area contributed by atoms with E-state index in [9.17, 15) is 19.4 Å². The quantitative estimate of drug-likeness (QED) is 0.390. The third-order valence-corrected chi connectivity index (χ3v) is 2.88. The van der Waals surface area contributed by atoms with E-state index < -0.39 is 27.2 Å². The molecule has 8 nitrogen and oxygen atoms in total. The van der Waals surface area contributed by atoms with Crippen LogP contribution in [0.1, 0.15) is 0 Å².